The summed E-state index contributed by atoms with van der Waals surface area (Å²) >= 11 is 24.2. The van der Waals surface area contributed by atoms with Crippen molar-refractivity contribution in [3.8, 4) is 0 Å². The second-order valence-electron chi connectivity index (χ2n) is 3.67. The first-order chi connectivity index (χ1) is 8.52. The number of aliphatic hydroxyl groups is 1. The van der Waals surface area contributed by atoms with E-state index in [4.69, 9.17) is 46.4 Å². The first-order valence-corrected chi connectivity index (χ1v) is 6.59. The third kappa shape index (κ3) is 2.61. The summed E-state index contributed by atoms with van der Waals surface area (Å²) in [5.41, 5.74) is 0.798. The third-order valence-electron chi connectivity index (χ3n) is 2.55. The van der Waals surface area contributed by atoms with E-state index in [1.165, 1.54) is 0 Å². The lowest BCUT2D eigenvalue weighted by molar-refractivity contribution is 0.220. The zero-order valence-electron chi connectivity index (χ0n) is 9.00. The Morgan fingerprint density at radius 1 is 0.667 bits per heavy atom. The fraction of sp³-hybridized carbons (Fsp3) is 0.0769. The highest BCUT2D eigenvalue weighted by Crippen LogP contribution is 2.39. The molecule has 0 spiro atoms. The minimum Gasteiger partial charge on any atom is -0.383 e. The highest BCUT2D eigenvalue weighted by molar-refractivity contribution is 6.37. The van der Waals surface area contributed by atoms with Gasteiger partial charge in [0.1, 0.15) is 6.10 Å². The molecule has 94 valence electrons. The lowest BCUT2D eigenvalue weighted by Crippen LogP contribution is -2.03. The van der Waals surface area contributed by atoms with Crippen LogP contribution >= 0.6 is 46.4 Å². The first kappa shape index (κ1) is 14.0. The van der Waals surface area contributed by atoms with Gasteiger partial charge in [-0.05, 0) is 24.3 Å². The summed E-state index contributed by atoms with van der Waals surface area (Å²) in [5, 5.41) is 11.8. The van der Waals surface area contributed by atoms with Crippen molar-refractivity contribution >= 4 is 46.4 Å². The van der Waals surface area contributed by atoms with Crippen LogP contribution in [0, 0.1) is 0 Å². The molecule has 0 heterocycles. The predicted molar refractivity (Wildman–Crippen MR) is 77.0 cm³/mol. The van der Waals surface area contributed by atoms with Crippen LogP contribution in [0.2, 0.25) is 20.1 Å². The molecule has 0 aromatic heterocycles. The molecule has 2 rings (SSSR count). The molecule has 0 radical (unpaired) electrons. The summed E-state index contributed by atoms with van der Waals surface area (Å²) in [7, 11) is 0. The van der Waals surface area contributed by atoms with Gasteiger partial charge in [-0.25, -0.2) is 0 Å². The van der Waals surface area contributed by atoms with Gasteiger partial charge < -0.3 is 5.11 Å². The van der Waals surface area contributed by atoms with Crippen LogP contribution in [0.25, 0.3) is 0 Å². The van der Waals surface area contributed by atoms with Crippen LogP contribution in [0.3, 0.4) is 0 Å². The summed E-state index contributed by atoms with van der Waals surface area (Å²) in [6.07, 6.45) is -1.06. The van der Waals surface area contributed by atoms with Gasteiger partial charge in [0, 0.05) is 31.2 Å². The Labute approximate surface area is 125 Å². The monoisotopic (exact) mass is 320 g/mol. The Bertz CT molecular complexity index is 491. The zero-order chi connectivity index (χ0) is 13.3. The van der Waals surface area contributed by atoms with E-state index in [0.717, 1.165) is 0 Å². The minimum absolute atomic E-state index is 0.367. The van der Waals surface area contributed by atoms with Crippen LogP contribution in [0.15, 0.2) is 36.4 Å². The van der Waals surface area contributed by atoms with Crippen LogP contribution in [0.1, 0.15) is 17.2 Å². The molecule has 0 aliphatic rings. The maximum Gasteiger partial charge on any atom is 0.110 e. The Morgan fingerprint density at radius 2 is 0.944 bits per heavy atom. The van der Waals surface area contributed by atoms with Crippen molar-refractivity contribution in [1.82, 2.24) is 0 Å². The lowest BCUT2D eigenvalue weighted by atomic mass is 10.0. The average Bonchev–Trinajstić information content (AvgIpc) is 2.28. The summed E-state index contributed by atoms with van der Waals surface area (Å²) < 4.78 is 0. The molecule has 0 atom stereocenters. The Balaban J connectivity index is 2.58. The number of rotatable bonds is 2. The maximum atomic E-state index is 10.4. The summed E-state index contributed by atoms with van der Waals surface area (Å²) in [6, 6.07) is 10.0. The molecule has 0 fully saturated rings. The molecular formula is C13H8Cl4O. The summed E-state index contributed by atoms with van der Waals surface area (Å²) in [6.45, 7) is 0. The van der Waals surface area contributed by atoms with E-state index in [2.05, 4.69) is 0 Å². The van der Waals surface area contributed by atoms with E-state index in [-0.39, 0.29) is 0 Å². The number of hydrogen-bond donors (Lipinski definition) is 1. The van der Waals surface area contributed by atoms with Crippen LogP contribution in [0.4, 0.5) is 0 Å². The van der Waals surface area contributed by atoms with E-state index in [1.54, 1.807) is 36.4 Å². The molecule has 2 aromatic rings. The topological polar surface area (TPSA) is 20.2 Å². The largest absolute Gasteiger partial charge is 0.383 e. The lowest BCUT2D eigenvalue weighted by Gasteiger charge is -2.17. The molecule has 0 aliphatic heterocycles. The third-order valence-corrected chi connectivity index (χ3v) is 3.86. The Morgan fingerprint density at radius 3 is 1.22 bits per heavy atom. The number of halogens is 4. The van der Waals surface area contributed by atoms with Gasteiger partial charge in [0.25, 0.3) is 0 Å². The first-order valence-electron chi connectivity index (χ1n) is 5.08. The molecular weight excluding hydrogens is 314 g/mol. The van der Waals surface area contributed by atoms with Crippen molar-refractivity contribution < 1.29 is 5.11 Å². The van der Waals surface area contributed by atoms with E-state index in [0.29, 0.717) is 31.2 Å². The van der Waals surface area contributed by atoms with Gasteiger partial charge in [0.05, 0.1) is 0 Å². The standard InChI is InChI=1S/C13H8Cl4O/c14-7-3-1-4-8(15)11(7)13(18)12-9(16)5-2-6-10(12)17/h1-6,13,18H. The Kier molecular flexibility index (Phi) is 4.41. The van der Waals surface area contributed by atoms with Crippen molar-refractivity contribution in [1.29, 1.82) is 0 Å². The highest BCUT2D eigenvalue weighted by atomic mass is 35.5. The van der Waals surface area contributed by atoms with Gasteiger partial charge in [-0.1, -0.05) is 58.5 Å². The van der Waals surface area contributed by atoms with Gasteiger partial charge in [0.15, 0.2) is 0 Å². The van der Waals surface area contributed by atoms with E-state index in [9.17, 15) is 5.11 Å². The van der Waals surface area contributed by atoms with E-state index < -0.39 is 6.10 Å². The van der Waals surface area contributed by atoms with Crippen molar-refractivity contribution in [3.63, 3.8) is 0 Å². The molecule has 0 saturated heterocycles. The van der Waals surface area contributed by atoms with Crippen LogP contribution in [0.5, 0.6) is 0 Å². The number of hydrogen-bond acceptors (Lipinski definition) is 1. The fourth-order valence-electron chi connectivity index (χ4n) is 1.69. The maximum absolute atomic E-state index is 10.4. The smallest absolute Gasteiger partial charge is 0.110 e. The van der Waals surface area contributed by atoms with Crippen molar-refractivity contribution in [2.24, 2.45) is 0 Å². The van der Waals surface area contributed by atoms with Crippen molar-refractivity contribution in [2.45, 2.75) is 6.10 Å². The molecule has 18 heavy (non-hydrogen) atoms. The molecule has 0 aliphatic carbocycles. The van der Waals surface area contributed by atoms with Crippen molar-refractivity contribution in [3.05, 3.63) is 67.6 Å². The van der Waals surface area contributed by atoms with Gasteiger partial charge in [-0.2, -0.15) is 0 Å². The van der Waals surface area contributed by atoms with Gasteiger partial charge in [0.2, 0.25) is 0 Å². The predicted octanol–water partition coefficient (Wildman–Crippen LogP) is 5.38. The second kappa shape index (κ2) is 5.68. The van der Waals surface area contributed by atoms with Crippen LogP contribution in [-0.4, -0.2) is 5.11 Å². The molecule has 0 bridgehead atoms. The van der Waals surface area contributed by atoms with Gasteiger partial charge in [-0.15, -0.1) is 0 Å². The molecule has 0 unspecified atom stereocenters. The normalized spacial score (nSPS) is 11.0. The van der Waals surface area contributed by atoms with Gasteiger partial charge in [-0.3, -0.25) is 0 Å². The highest BCUT2D eigenvalue weighted by Gasteiger charge is 2.21. The average molecular weight is 322 g/mol. The molecule has 0 amide bonds. The second-order valence-corrected chi connectivity index (χ2v) is 5.30. The van der Waals surface area contributed by atoms with Gasteiger partial charge >= 0.3 is 0 Å². The molecule has 5 heteroatoms. The zero-order valence-corrected chi connectivity index (χ0v) is 12.0. The molecule has 0 saturated carbocycles. The Hall–Kier alpha value is -0.440. The minimum atomic E-state index is -1.06. The summed E-state index contributed by atoms with van der Waals surface area (Å²) in [5.74, 6) is 0. The molecule has 1 nitrogen and oxygen atoms in total. The van der Waals surface area contributed by atoms with E-state index in [1.807, 2.05) is 0 Å². The summed E-state index contributed by atoms with van der Waals surface area (Å²) in [4.78, 5) is 0. The van der Waals surface area contributed by atoms with Crippen molar-refractivity contribution in [2.75, 3.05) is 0 Å². The quantitative estimate of drug-likeness (QED) is 0.787. The molecule has 1 N–H and O–H groups in total. The number of aliphatic hydroxyl groups excluding tert-OH is 1. The van der Waals surface area contributed by atoms with E-state index >= 15 is 0 Å². The molecule has 2 aromatic carbocycles. The SMILES string of the molecule is OC(c1c(Cl)cccc1Cl)c1c(Cl)cccc1Cl. The fourth-order valence-corrected chi connectivity index (χ4v) is 2.90. The van der Waals surface area contributed by atoms with Crippen LogP contribution < -0.4 is 0 Å². The van der Waals surface area contributed by atoms with Crippen LogP contribution in [-0.2, 0) is 0 Å². The number of benzene rings is 2.